The van der Waals surface area contributed by atoms with Gasteiger partial charge in [0.15, 0.2) is 0 Å². The molecule has 0 amide bonds. The lowest BCUT2D eigenvalue weighted by molar-refractivity contribution is -0.316. The normalized spacial score (nSPS) is 40.8. The number of aliphatic hydroxyl groups excluding tert-OH is 1. The SMILES string of the molecule is [2H]C1=C([2H])[C@]([2H])(C([2H])([2H])[2H])[C@]([2H])(C(C)C[C@@](C)(O)C(C)(C)[C@@H](O)C(C)C(=O)[O-])[C@]2(C)C1=C([2H])[C@H](OC)C(C)(C)[C@]2(C)OC(=O)[C@@H](C)CC(C)C. The van der Waals surface area contributed by atoms with Gasteiger partial charge in [-0.1, -0.05) is 94.2 Å². The maximum Gasteiger partial charge on any atom is 0.309 e. The van der Waals surface area contributed by atoms with Crippen molar-refractivity contribution in [2.45, 2.75) is 126 Å². The van der Waals surface area contributed by atoms with E-state index in [1.54, 1.807) is 20.8 Å². The third-order valence-electron chi connectivity index (χ3n) is 10.7. The average molecular weight is 600 g/mol. The number of carbonyl (C=O) groups excluding carboxylic acids is 2. The minimum absolute atomic E-state index is 0.0953. The fraction of sp³-hybridized carbons (Fsp3) is 0.829. The molecule has 2 aliphatic carbocycles. The van der Waals surface area contributed by atoms with E-state index in [9.17, 15) is 30.4 Å². The van der Waals surface area contributed by atoms with Crippen molar-refractivity contribution in [3.8, 4) is 0 Å². The highest BCUT2D eigenvalue weighted by molar-refractivity contribution is 5.73. The van der Waals surface area contributed by atoms with Gasteiger partial charge in [-0.05, 0) is 55.9 Å². The number of fused-ring (bicyclic) bond motifs is 1. The topological polar surface area (TPSA) is 116 Å². The quantitative estimate of drug-likeness (QED) is 0.291. The molecule has 2 N–H and O–H groups in total. The fourth-order valence-corrected chi connectivity index (χ4v) is 7.05. The van der Waals surface area contributed by atoms with Gasteiger partial charge in [-0.3, -0.25) is 4.79 Å². The van der Waals surface area contributed by atoms with Gasteiger partial charge in [-0.15, -0.1) is 0 Å². The molecule has 0 aromatic carbocycles. The lowest BCUT2D eigenvalue weighted by atomic mass is 9.44. The van der Waals surface area contributed by atoms with Crippen molar-refractivity contribution in [2.75, 3.05) is 7.11 Å². The van der Waals surface area contributed by atoms with Gasteiger partial charge >= 0.3 is 5.97 Å². The fourth-order valence-electron chi connectivity index (χ4n) is 7.05. The molecule has 2 aliphatic rings. The van der Waals surface area contributed by atoms with Gasteiger partial charge in [0, 0.05) is 42.1 Å². The Hall–Kier alpha value is -1.70. The van der Waals surface area contributed by atoms with E-state index in [-0.39, 0.29) is 17.5 Å². The molecule has 7 nitrogen and oxygen atoms in total. The third-order valence-corrected chi connectivity index (χ3v) is 10.7. The standard InChI is InChI=1S/C35H60O7/c1-20(2)17-22(4)30(39)42-35(13)31(7,8)26(41-14)18-25-16-15-21(3)27(34(25,35)12)23(5)19-33(11,40)32(9,10)28(36)24(6)29(37)38/h15-16,18,20-24,26-28,36,40H,17,19H2,1-14H3,(H,37,38)/p-1/t21-,22-,23?,24?,26-,27+,28-,33+,34-,35-/m0/s1/i3D3,15D,16D,18D,21D,27D. The number of hydrogen-bond acceptors (Lipinski definition) is 7. The van der Waals surface area contributed by atoms with Crippen LogP contribution in [-0.2, 0) is 19.1 Å². The molecular formula is C35H59O7-. The molecule has 42 heavy (non-hydrogen) atoms. The van der Waals surface area contributed by atoms with Crippen LogP contribution >= 0.6 is 0 Å². The van der Waals surface area contributed by atoms with Crippen LogP contribution in [-0.4, -0.2) is 52.7 Å². The van der Waals surface area contributed by atoms with Gasteiger partial charge in [0.1, 0.15) is 5.60 Å². The van der Waals surface area contributed by atoms with E-state index in [2.05, 4.69) is 0 Å². The first-order chi connectivity index (χ1) is 22.2. The second-order valence-corrected chi connectivity index (χ2v) is 14.7. The van der Waals surface area contributed by atoms with Crippen LogP contribution in [0, 0.1) is 51.7 Å². The molecule has 0 saturated heterocycles. The summed E-state index contributed by atoms with van der Waals surface area (Å²) in [6.07, 6.45) is -2.92. The smallest absolute Gasteiger partial charge is 0.309 e. The molecule has 0 spiro atoms. The zero-order valence-corrected chi connectivity index (χ0v) is 27.8. The molecule has 0 fully saturated rings. The van der Waals surface area contributed by atoms with Crippen molar-refractivity contribution < 1.29 is 45.3 Å². The van der Waals surface area contributed by atoms with Crippen LogP contribution in [0.2, 0.25) is 0 Å². The predicted molar refractivity (Wildman–Crippen MR) is 164 cm³/mol. The molecule has 0 radical (unpaired) electrons. The first-order valence-electron chi connectivity index (χ1n) is 18.9. The van der Waals surface area contributed by atoms with E-state index in [4.69, 9.17) is 15.0 Å². The number of aliphatic hydroxyl groups is 2. The van der Waals surface area contributed by atoms with E-state index in [0.29, 0.717) is 6.42 Å². The van der Waals surface area contributed by atoms with E-state index in [1.165, 1.54) is 55.6 Å². The zero-order valence-electron chi connectivity index (χ0n) is 35.8. The predicted octanol–water partition coefficient (Wildman–Crippen LogP) is 5.33. The molecular weight excluding hydrogens is 532 g/mol. The Morgan fingerprint density at radius 1 is 1.17 bits per heavy atom. The van der Waals surface area contributed by atoms with E-state index in [1.807, 2.05) is 13.8 Å². The number of ether oxygens (including phenoxy) is 2. The van der Waals surface area contributed by atoms with Gasteiger partial charge in [0.25, 0.3) is 0 Å². The average Bonchev–Trinajstić information content (AvgIpc) is 2.96. The molecule has 242 valence electrons. The number of carboxylic acids is 1. The summed E-state index contributed by atoms with van der Waals surface area (Å²) >= 11 is 0. The highest BCUT2D eigenvalue weighted by Gasteiger charge is 2.67. The van der Waals surface area contributed by atoms with E-state index >= 15 is 0 Å². The van der Waals surface area contributed by atoms with Gasteiger partial charge in [0.2, 0.25) is 0 Å². The summed E-state index contributed by atoms with van der Waals surface area (Å²) in [7, 11) is 1.33. The number of carboxylic acid groups (broad SMARTS) is 1. The van der Waals surface area contributed by atoms with Crippen molar-refractivity contribution in [1.29, 1.82) is 0 Å². The Kier molecular flexibility index (Phi) is 7.54. The molecule has 0 aliphatic heterocycles. The number of aliphatic carboxylic acids is 1. The highest BCUT2D eigenvalue weighted by Crippen LogP contribution is 2.65. The number of esters is 1. The molecule has 0 saturated carbocycles. The second-order valence-electron chi connectivity index (χ2n) is 14.7. The number of allylic oxidation sites excluding steroid dienone is 2. The maximum atomic E-state index is 14.0. The zero-order chi connectivity index (χ0) is 39.8. The van der Waals surface area contributed by atoms with Gasteiger partial charge < -0.3 is 29.6 Å². The maximum absolute atomic E-state index is 14.0. The Balaban J connectivity index is 3.20. The summed E-state index contributed by atoms with van der Waals surface area (Å²) in [5.74, 6) is -11.6. The first kappa shape index (κ1) is 25.6. The number of carbonyl (C=O) groups is 2. The van der Waals surface area contributed by atoms with Crippen LogP contribution in [0.5, 0.6) is 0 Å². The van der Waals surface area contributed by atoms with Gasteiger partial charge in [-0.2, -0.15) is 0 Å². The number of hydrogen-bond donors (Lipinski definition) is 2. The monoisotopic (exact) mass is 599 g/mol. The van der Waals surface area contributed by atoms with Crippen molar-refractivity contribution >= 4 is 11.9 Å². The van der Waals surface area contributed by atoms with Crippen LogP contribution in [0.3, 0.4) is 0 Å². The molecule has 0 aromatic rings. The Morgan fingerprint density at radius 2 is 1.74 bits per heavy atom. The Bertz CT molecular complexity index is 1410. The molecule has 0 heterocycles. The van der Waals surface area contributed by atoms with Crippen molar-refractivity contribution in [1.82, 2.24) is 0 Å². The molecule has 2 rings (SSSR count). The highest BCUT2D eigenvalue weighted by atomic mass is 16.6. The lowest BCUT2D eigenvalue weighted by Crippen LogP contribution is -2.68. The van der Waals surface area contributed by atoms with Crippen LogP contribution in [0.1, 0.15) is 114 Å². The largest absolute Gasteiger partial charge is 0.550 e. The summed E-state index contributed by atoms with van der Waals surface area (Å²) in [5.41, 5.74) is -9.53. The van der Waals surface area contributed by atoms with Crippen molar-refractivity contribution in [3.05, 3.63) is 23.7 Å². The Labute approximate surface area is 266 Å². The van der Waals surface area contributed by atoms with Crippen molar-refractivity contribution in [2.24, 2.45) is 51.7 Å². The van der Waals surface area contributed by atoms with Crippen LogP contribution in [0.25, 0.3) is 0 Å². The molecule has 2 unspecified atom stereocenters. The van der Waals surface area contributed by atoms with Crippen LogP contribution in [0.4, 0.5) is 0 Å². The number of methoxy groups -OCH3 is 1. The van der Waals surface area contributed by atoms with E-state index < -0.39 is 107 Å². The molecule has 7 heteroatoms. The summed E-state index contributed by atoms with van der Waals surface area (Å²) < 4.78 is 86.2. The summed E-state index contributed by atoms with van der Waals surface area (Å²) in [6.45, 7) is 15.1. The van der Waals surface area contributed by atoms with Crippen LogP contribution in [0.15, 0.2) is 23.7 Å². The van der Waals surface area contributed by atoms with Crippen molar-refractivity contribution in [3.63, 3.8) is 0 Å². The first-order valence-corrected chi connectivity index (χ1v) is 14.9. The summed E-state index contributed by atoms with van der Waals surface area (Å²) in [6, 6.07) is -2.14. The number of rotatable bonds is 12. The lowest BCUT2D eigenvalue weighted by Gasteiger charge is -2.64. The van der Waals surface area contributed by atoms with E-state index in [0.717, 1.165) is 0 Å². The minimum Gasteiger partial charge on any atom is -0.550 e. The Morgan fingerprint density at radius 3 is 2.21 bits per heavy atom. The minimum atomic E-state index is -3.44. The molecule has 0 aromatic heterocycles. The van der Waals surface area contributed by atoms with Crippen LogP contribution < -0.4 is 5.11 Å². The molecule has 10 atom stereocenters. The molecule has 0 bridgehead atoms. The van der Waals surface area contributed by atoms with Gasteiger partial charge in [0.05, 0.1) is 27.8 Å². The summed E-state index contributed by atoms with van der Waals surface area (Å²) in [5, 5.41) is 34.9. The third kappa shape index (κ3) is 5.99. The summed E-state index contributed by atoms with van der Waals surface area (Å²) in [4.78, 5) is 25.7. The van der Waals surface area contributed by atoms with Gasteiger partial charge in [-0.25, -0.2) is 0 Å². The second kappa shape index (κ2) is 12.4.